The molecule has 27 heavy (non-hydrogen) atoms. The summed E-state index contributed by atoms with van der Waals surface area (Å²) in [5, 5.41) is 3.62. The van der Waals surface area contributed by atoms with Crippen molar-refractivity contribution < 1.29 is 14.3 Å². The first-order valence-electron chi connectivity index (χ1n) is 8.98. The van der Waals surface area contributed by atoms with E-state index in [1.54, 1.807) is 12.0 Å². The third kappa shape index (κ3) is 5.23. The predicted molar refractivity (Wildman–Crippen MR) is 105 cm³/mol. The number of amides is 2. The molecule has 0 bridgehead atoms. The second-order valence-electron chi connectivity index (χ2n) is 6.68. The molecule has 1 fully saturated rings. The topological polar surface area (TPSA) is 58.6 Å². The van der Waals surface area contributed by atoms with Crippen LogP contribution in [0.3, 0.4) is 0 Å². The zero-order valence-electron chi connectivity index (χ0n) is 15.3. The molecule has 1 N–H and O–H groups in total. The summed E-state index contributed by atoms with van der Waals surface area (Å²) < 4.78 is 5.12. The Hall–Kier alpha value is -2.53. The molecule has 0 aromatic heterocycles. The van der Waals surface area contributed by atoms with Gasteiger partial charge >= 0.3 is 0 Å². The first-order valence-corrected chi connectivity index (χ1v) is 9.36. The molecule has 0 aliphatic carbocycles. The van der Waals surface area contributed by atoms with Crippen LogP contribution in [0.2, 0.25) is 5.02 Å². The second kappa shape index (κ2) is 8.91. The van der Waals surface area contributed by atoms with Gasteiger partial charge in [-0.15, -0.1) is 0 Å². The van der Waals surface area contributed by atoms with Crippen LogP contribution in [0.1, 0.15) is 17.5 Å². The molecule has 6 heteroatoms. The van der Waals surface area contributed by atoms with Crippen LogP contribution in [0.15, 0.2) is 48.5 Å². The molecule has 0 spiro atoms. The monoisotopic (exact) mass is 386 g/mol. The normalized spacial score (nSPS) is 16.4. The third-order valence-corrected chi connectivity index (χ3v) is 5.05. The van der Waals surface area contributed by atoms with E-state index in [0.717, 1.165) is 23.3 Å². The highest BCUT2D eigenvalue weighted by atomic mass is 35.5. The number of halogens is 1. The minimum Gasteiger partial charge on any atom is -0.497 e. The number of hydrogen-bond acceptors (Lipinski definition) is 3. The summed E-state index contributed by atoms with van der Waals surface area (Å²) in [5.41, 5.74) is 2.12. The van der Waals surface area contributed by atoms with Gasteiger partial charge < -0.3 is 15.0 Å². The van der Waals surface area contributed by atoms with Crippen molar-refractivity contribution in [1.29, 1.82) is 0 Å². The van der Waals surface area contributed by atoms with E-state index in [2.05, 4.69) is 5.32 Å². The van der Waals surface area contributed by atoms with E-state index in [-0.39, 0.29) is 24.2 Å². The number of nitrogens with one attached hydrogen (secondary N) is 1. The number of nitrogens with zero attached hydrogens (tertiary/aromatic N) is 1. The van der Waals surface area contributed by atoms with Gasteiger partial charge in [-0.3, -0.25) is 9.59 Å². The summed E-state index contributed by atoms with van der Waals surface area (Å²) in [7, 11) is 1.62. The lowest BCUT2D eigenvalue weighted by atomic mass is 10.1. The number of methoxy groups -OCH3 is 1. The van der Waals surface area contributed by atoms with Crippen molar-refractivity contribution in [2.75, 3.05) is 20.2 Å². The summed E-state index contributed by atoms with van der Waals surface area (Å²) in [5.74, 6) is 0.450. The first kappa shape index (κ1) is 19.2. The minimum atomic E-state index is -0.291. The number of ether oxygens (including phenoxy) is 1. The van der Waals surface area contributed by atoms with Gasteiger partial charge in [-0.1, -0.05) is 35.9 Å². The lowest BCUT2D eigenvalue weighted by Crippen LogP contribution is -2.33. The number of carbonyl (C=O) groups is 2. The van der Waals surface area contributed by atoms with Crippen LogP contribution in [0, 0.1) is 5.92 Å². The predicted octanol–water partition coefficient (Wildman–Crippen LogP) is 3.06. The SMILES string of the molecule is COc1ccc(CNC(=O)C2CC(=O)N(CCc3ccc(Cl)cc3)C2)cc1. The van der Waals surface area contributed by atoms with E-state index in [0.29, 0.717) is 24.7 Å². The van der Waals surface area contributed by atoms with Crippen molar-refractivity contribution in [2.45, 2.75) is 19.4 Å². The highest BCUT2D eigenvalue weighted by molar-refractivity contribution is 6.30. The molecule has 1 aliphatic heterocycles. The van der Waals surface area contributed by atoms with Gasteiger partial charge in [-0.05, 0) is 41.8 Å². The van der Waals surface area contributed by atoms with Gasteiger partial charge in [0.15, 0.2) is 0 Å². The summed E-state index contributed by atoms with van der Waals surface area (Å²) in [6.07, 6.45) is 1.03. The molecule has 2 aromatic carbocycles. The molecule has 0 saturated carbocycles. The van der Waals surface area contributed by atoms with Gasteiger partial charge in [0.1, 0.15) is 5.75 Å². The Morgan fingerprint density at radius 3 is 2.48 bits per heavy atom. The molecule has 0 radical (unpaired) electrons. The van der Waals surface area contributed by atoms with Crippen molar-refractivity contribution in [3.8, 4) is 5.75 Å². The molecular formula is C21H23ClN2O3. The fraction of sp³-hybridized carbons (Fsp3) is 0.333. The molecule has 1 aliphatic rings. The molecule has 1 atom stereocenters. The standard InChI is InChI=1S/C21H23ClN2O3/c1-27-19-8-4-16(5-9-19)13-23-21(26)17-12-20(25)24(14-17)11-10-15-2-6-18(22)7-3-15/h2-9,17H,10-14H2,1H3,(H,23,26). The van der Waals surface area contributed by atoms with Gasteiger partial charge in [0.05, 0.1) is 13.0 Å². The fourth-order valence-electron chi connectivity index (χ4n) is 3.16. The van der Waals surface area contributed by atoms with Gasteiger partial charge in [-0.2, -0.15) is 0 Å². The van der Waals surface area contributed by atoms with E-state index in [4.69, 9.17) is 16.3 Å². The maximum atomic E-state index is 12.4. The van der Waals surface area contributed by atoms with Crippen LogP contribution in [0.5, 0.6) is 5.75 Å². The highest BCUT2D eigenvalue weighted by Gasteiger charge is 2.33. The molecule has 2 aromatic rings. The van der Waals surface area contributed by atoms with Crippen molar-refractivity contribution in [3.05, 3.63) is 64.7 Å². The number of hydrogen-bond donors (Lipinski definition) is 1. The Morgan fingerprint density at radius 2 is 1.81 bits per heavy atom. The summed E-state index contributed by atoms with van der Waals surface area (Å²) in [6, 6.07) is 15.2. The second-order valence-corrected chi connectivity index (χ2v) is 7.12. The Labute approximate surface area is 164 Å². The van der Waals surface area contributed by atoms with E-state index < -0.39 is 0 Å². The van der Waals surface area contributed by atoms with Crippen LogP contribution in [0.25, 0.3) is 0 Å². The lowest BCUT2D eigenvalue weighted by Gasteiger charge is -2.16. The molecule has 2 amide bonds. The van der Waals surface area contributed by atoms with Crippen molar-refractivity contribution >= 4 is 23.4 Å². The van der Waals surface area contributed by atoms with Gasteiger partial charge in [-0.25, -0.2) is 0 Å². The minimum absolute atomic E-state index is 0.0357. The number of rotatable bonds is 7. The van der Waals surface area contributed by atoms with Crippen molar-refractivity contribution in [1.82, 2.24) is 10.2 Å². The smallest absolute Gasteiger partial charge is 0.225 e. The highest BCUT2D eigenvalue weighted by Crippen LogP contribution is 2.19. The quantitative estimate of drug-likeness (QED) is 0.795. The third-order valence-electron chi connectivity index (χ3n) is 4.79. The zero-order chi connectivity index (χ0) is 19.2. The Kier molecular flexibility index (Phi) is 6.35. The molecule has 1 unspecified atom stereocenters. The number of benzene rings is 2. The maximum Gasteiger partial charge on any atom is 0.225 e. The lowest BCUT2D eigenvalue weighted by molar-refractivity contribution is -0.129. The largest absolute Gasteiger partial charge is 0.497 e. The van der Waals surface area contributed by atoms with Crippen LogP contribution in [0.4, 0.5) is 0 Å². The van der Waals surface area contributed by atoms with Crippen molar-refractivity contribution in [3.63, 3.8) is 0 Å². The molecule has 5 nitrogen and oxygen atoms in total. The van der Waals surface area contributed by atoms with Crippen molar-refractivity contribution in [2.24, 2.45) is 5.92 Å². The summed E-state index contributed by atoms with van der Waals surface area (Å²) in [6.45, 7) is 1.53. The van der Waals surface area contributed by atoms with Gasteiger partial charge in [0.25, 0.3) is 0 Å². The summed E-state index contributed by atoms with van der Waals surface area (Å²) in [4.78, 5) is 26.4. The molecular weight excluding hydrogens is 364 g/mol. The Morgan fingerprint density at radius 1 is 1.15 bits per heavy atom. The first-order chi connectivity index (χ1) is 13.0. The fourth-order valence-corrected chi connectivity index (χ4v) is 3.28. The van der Waals surface area contributed by atoms with Crippen LogP contribution in [-0.2, 0) is 22.6 Å². The van der Waals surface area contributed by atoms with Gasteiger partial charge in [0, 0.05) is 31.1 Å². The van der Waals surface area contributed by atoms with E-state index >= 15 is 0 Å². The van der Waals surface area contributed by atoms with Crippen LogP contribution >= 0.6 is 11.6 Å². The van der Waals surface area contributed by atoms with E-state index in [1.807, 2.05) is 48.5 Å². The maximum absolute atomic E-state index is 12.4. The molecule has 142 valence electrons. The zero-order valence-corrected chi connectivity index (χ0v) is 16.0. The Balaban J connectivity index is 1.47. The average Bonchev–Trinajstić information content (AvgIpc) is 3.07. The molecule has 1 saturated heterocycles. The van der Waals surface area contributed by atoms with E-state index in [9.17, 15) is 9.59 Å². The van der Waals surface area contributed by atoms with Crippen LogP contribution < -0.4 is 10.1 Å². The number of carbonyl (C=O) groups excluding carboxylic acids is 2. The number of likely N-dealkylation sites (tertiary alicyclic amines) is 1. The van der Waals surface area contributed by atoms with E-state index in [1.165, 1.54) is 0 Å². The van der Waals surface area contributed by atoms with Crippen LogP contribution in [-0.4, -0.2) is 36.9 Å². The molecule has 1 heterocycles. The Bertz CT molecular complexity index is 790. The molecule has 3 rings (SSSR count). The van der Waals surface area contributed by atoms with Gasteiger partial charge in [0.2, 0.25) is 11.8 Å². The average molecular weight is 387 g/mol. The summed E-state index contributed by atoms with van der Waals surface area (Å²) >= 11 is 5.89.